The molecule has 1 aliphatic heterocycles. The van der Waals surface area contributed by atoms with E-state index in [1.807, 2.05) is 0 Å². The fraction of sp³-hybridized carbons (Fsp3) is 0.0444. The normalized spacial score (nSPS) is 15.8. The minimum atomic E-state index is -0.397. The molecular weight excluding hydrogens is 583 g/mol. The summed E-state index contributed by atoms with van der Waals surface area (Å²) in [4.78, 5) is 5.56. The van der Waals surface area contributed by atoms with E-state index >= 15 is 0 Å². The van der Waals surface area contributed by atoms with Gasteiger partial charge in [0.15, 0.2) is 0 Å². The summed E-state index contributed by atoms with van der Waals surface area (Å²) in [5, 5.41) is 4.93. The molecule has 9 aromatic rings. The van der Waals surface area contributed by atoms with Crippen molar-refractivity contribution >= 4 is 55.0 Å². The van der Waals surface area contributed by atoms with Crippen LogP contribution >= 0.6 is 0 Å². The maximum absolute atomic E-state index is 5.56. The number of rotatable bonds is 4. The summed E-state index contributed by atoms with van der Waals surface area (Å²) in [7, 11) is 0. The van der Waals surface area contributed by atoms with Crippen molar-refractivity contribution in [1.29, 1.82) is 0 Å². The Labute approximate surface area is 278 Å². The molecule has 7 aromatic carbocycles. The molecule has 1 atom stereocenters. The van der Waals surface area contributed by atoms with Gasteiger partial charge in [-0.25, -0.2) is 0 Å². The fourth-order valence-electron chi connectivity index (χ4n) is 8.18. The molecule has 2 aromatic heterocycles. The number of hydrogen-bond donors (Lipinski definition) is 0. The van der Waals surface area contributed by atoms with E-state index in [0.717, 1.165) is 33.9 Å². The standard InChI is InChI=1S/C45H31N3/c1-45(31-17-6-3-7-18-31)37-27-28-41-42(43(37)46-44(45)30-15-4-2-5-16-30)36-23-10-13-26-40(36)48(41)33-20-14-19-32(29-33)47-38-24-11-8-21-34(38)35-22-9-12-25-39(35)47/h2-29H,1H3. The Hall–Kier alpha value is -6.19. The van der Waals surface area contributed by atoms with Crippen LogP contribution in [0.4, 0.5) is 5.69 Å². The Balaban J connectivity index is 1.25. The first-order valence-corrected chi connectivity index (χ1v) is 16.6. The van der Waals surface area contributed by atoms with E-state index in [2.05, 4.69) is 186 Å². The molecule has 0 radical (unpaired) electrons. The van der Waals surface area contributed by atoms with E-state index < -0.39 is 5.41 Å². The number of aliphatic imine (C=N–C) groups is 1. The summed E-state index contributed by atoms with van der Waals surface area (Å²) in [5.41, 5.74) is 12.4. The smallest absolute Gasteiger partial charge is 0.0779 e. The Bertz CT molecular complexity index is 2680. The highest BCUT2D eigenvalue weighted by molar-refractivity contribution is 6.22. The van der Waals surface area contributed by atoms with Crippen LogP contribution in [-0.2, 0) is 5.41 Å². The maximum atomic E-state index is 5.56. The molecule has 0 saturated heterocycles. The zero-order chi connectivity index (χ0) is 31.8. The van der Waals surface area contributed by atoms with Crippen molar-refractivity contribution < 1.29 is 0 Å². The lowest BCUT2D eigenvalue weighted by Crippen LogP contribution is -2.31. The molecule has 0 saturated carbocycles. The topological polar surface area (TPSA) is 22.2 Å². The molecule has 0 bridgehead atoms. The summed E-state index contributed by atoms with van der Waals surface area (Å²) in [6.45, 7) is 2.33. The molecule has 0 fully saturated rings. The largest absolute Gasteiger partial charge is 0.309 e. The predicted octanol–water partition coefficient (Wildman–Crippen LogP) is 11.3. The fourth-order valence-corrected chi connectivity index (χ4v) is 8.18. The minimum Gasteiger partial charge on any atom is -0.309 e. The molecule has 1 aliphatic rings. The van der Waals surface area contributed by atoms with Gasteiger partial charge in [0.1, 0.15) is 0 Å². The number of nitrogens with zero attached hydrogens (tertiary/aromatic N) is 3. The van der Waals surface area contributed by atoms with Crippen molar-refractivity contribution in [3.8, 4) is 11.4 Å². The Morgan fingerprint density at radius 2 is 0.979 bits per heavy atom. The number of hydrogen-bond acceptors (Lipinski definition) is 1. The summed E-state index contributed by atoms with van der Waals surface area (Å²) in [6.07, 6.45) is 0. The van der Waals surface area contributed by atoms with Crippen LogP contribution in [0.1, 0.15) is 23.6 Å². The Morgan fingerprint density at radius 3 is 1.62 bits per heavy atom. The summed E-state index contributed by atoms with van der Waals surface area (Å²) in [5.74, 6) is 0. The van der Waals surface area contributed by atoms with E-state index in [-0.39, 0.29) is 0 Å². The van der Waals surface area contributed by atoms with Crippen LogP contribution in [-0.4, -0.2) is 14.8 Å². The van der Waals surface area contributed by atoms with Crippen molar-refractivity contribution in [3.63, 3.8) is 0 Å². The average molecular weight is 614 g/mol. The molecular formula is C45H31N3. The lowest BCUT2D eigenvalue weighted by molar-refractivity contribution is 0.794. The SMILES string of the molecule is CC1(c2ccccc2)C(c2ccccc2)=Nc2c1ccc1c2c2ccccc2n1-c1cccc(-n2c3ccccc3c3ccccc32)c1. The predicted molar refractivity (Wildman–Crippen MR) is 201 cm³/mol. The van der Waals surface area contributed by atoms with Crippen molar-refractivity contribution in [2.75, 3.05) is 0 Å². The van der Waals surface area contributed by atoms with Crippen LogP contribution in [0.15, 0.2) is 175 Å². The van der Waals surface area contributed by atoms with Crippen molar-refractivity contribution in [1.82, 2.24) is 9.13 Å². The lowest BCUT2D eigenvalue weighted by Gasteiger charge is -2.29. The third-order valence-corrected chi connectivity index (χ3v) is 10.4. The molecule has 3 heterocycles. The summed E-state index contributed by atoms with van der Waals surface area (Å²) < 4.78 is 4.81. The van der Waals surface area contributed by atoms with Gasteiger partial charge in [0, 0.05) is 32.9 Å². The molecule has 226 valence electrons. The zero-order valence-electron chi connectivity index (χ0n) is 26.5. The second-order valence-corrected chi connectivity index (χ2v) is 12.9. The van der Waals surface area contributed by atoms with Crippen LogP contribution in [0.2, 0.25) is 0 Å². The van der Waals surface area contributed by atoms with Gasteiger partial charge in [-0.3, -0.25) is 4.99 Å². The molecule has 1 unspecified atom stereocenters. The molecule has 48 heavy (non-hydrogen) atoms. The number of benzene rings is 7. The van der Waals surface area contributed by atoms with Gasteiger partial charge in [-0.05, 0) is 66.1 Å². The van der Waals surface area contributed by atoms with Gasteiger partial charge in [-0.1, -0.05) is 127 Å². The van der Waals surface area contributed by atoms with Crippen LogP contribution in [0.25, 0.3) is 55.0 Å². The minimum absolute atomic E-state index is 0.397. The quantitative estimate of drug-likeness (QED) is 0.188. The van der Waals surface area contributed by atoms with Crippen LogP contribution in [0.5, 0.6) is 0 Å². The number of fused-ring (bicyclic) bond motifs is 8. The molecule has 0 aliphatic carbocycles. The van der Waals surface area contributed by atoms with Gasteiger partial charge < -0.3 is 9.13 Å². The van der Waals surface area contributed by atoms with E-state index in [4.69, 9.17) is 4.99 Å². The highest BCUT2D eigenvalue weighted by Crippen LogP contribution is 2.51. The molecule has 3 nitrogen and oxygen atoms in total. The second-order valence-electron chi connectivity index (χ2n) is 12.9. The van der Waals surface area contributed by atoms with E-state index in [1.54, 1.807) is 0 Å². The zero-order valence-corrected chi connectivity index (χ0v) is 26.5. The molecule has 0 spiro atoms. The molecule has 10 rings (SSSR count). The molecule has 3 heteroatoms. The van der Waals surface area contributed by atoms with Crippen molar-refractivity contribution in [2.24, 2.45) is 4.99 Å². The van der Waals surface area contributed by atoms with Gasteiger partial charge in [-0.2, -0.15) is 0 Å². The third kappa shape index (κ3) is 3.67. The van der Waals surface area contributed by atoms with Crippen molar-refractivity contribution in [3.05, 3.63) is 187 Å². The van der Waals surface area contributed by atoms with E-state index in [9.17, 15) is 0 Å². The highest BCUT2D eigenvalue weighted by Gasteiger charge is 2.42. The first kappa shape index (κ1) is 27.0. The summed E-state index contributed by atoms with van der Waals surface area (Å²) in [6, 6.07) is 61.2. The van der Waals surface area contributed by atoms with Gasteiger partial charge in [0.25, 0.3) is 0 Å². The molecule has 0 N–H and O–H groups in total. The van der Waals surface area contributed by atoms with Crippen LogP contribution in [0.3, 0.4) is 0 Å². The monoisotopic (exact) mass is 613 g/mol. The number of para-hydroxylation sites is 3. The maximum Gasteiger partial charge on any atom is 0.0779 e. The summed E-state index contributed by atoms with van der Waals surface area (Å²) >= 11 is 0. The Morgan fingerprint density at radius 1 is 0.458 bits per heavy atom. The third-order valence-electron chi connectivity index (χ3n) is 10.4. The lowest BCUT2D eigenvalue weighted by atomic mass is 9.71. The highest BCUT2D eigenvalue weighted by atomic mass is 15.0. The van der Waals surface area contributed by atoms with E-state index in [1.165, 1.54) is 49.2 Å². The van der Waals surface area contributed by atoms with Crippen LogP contribution in [0, 0.1) is 0 Å². The van der Waals surface area contributed by atoms with Gasteiger partial charge in [0.05, 0.1) is 38.9 Å². The first-order chi connectivity index (χ1) is 23.7. The number of aromatic nitrogens is 2. The molecule has 0 amide bonds. The average Bonchev–Trinajstić information content (AvgIpc) is 3.78. The Kier molecular flexibility index (Phi) is 5.71. The van der Waals surface area contributed by atoms with Gasteiger partial charge >= 0.3 is 0 Å². The first-order valence-electron chi connectivity index (χ1n) is 16.6. The van der Waals surface area contributed by atoms with Gasteiger partial charge in [-0.15, -0.1) is 0 Å². The van der Waals surface area contributed by atoms with Gasteiger partial charge in [0.2, 0.25) is 0 Å². The second kappa shape index (κ2) is 10.2. The van der Waals surface area contributed by atoms with Crippen molar-refractivity contribution in [2.45, 2.75) is 12.3 Å². The van der Waals surface area contributed by atoms with Crippen LogP contribution < -0.4 is 0 Å². The van der Waals surface area contributed by atoms with E-state index in [0.29, 0.717) is 0 Å².